The number of piperidine rings is 1. The standard InChI is InChI=1S/C12H23N3O2/c16-12(15-6-8-17-9-7-15)3-5-14-11-2-1-4-13-10-11/h11,13-14H,1-10H2. The van der Waals surface area contributed by atoms with Crippen molar-refractivity contribution >= 4 is 5.91 Å². The van der Waals surface area contributed by atoms with Crippen LogP contribution in [0.5, 0.6) is 0 Å². The molecule has 0 aliphatic carbocycles. The molecule has 0 saturated carbocycles. The number of hydrogen-bond acceptors (Lipinski definition) is 4. The molecule has 2 fully saturated rings. The quantitative estimate of drug-likeness (QED) is 0.702. The van der Waals surface area contributed by atoms with Crippen LogP contribution < -0.4 is 10.6 Å². The van der Waals surface area contributed by atoms with Gasteiger partial charge < -0.3 is 20.3 Å². The molecule has 2 heterocycles. The fourth-order valence-corrected chi connectivity index (χ4v) is 2.38. The third-order valence-corrected chi connectivity index (χ3v) is 3.43. The Morgan fingerprint density at radius 3 is 2.94 bits per heavy atom. The Bertz CT molecular complexity index is 236. The van der Waals surface area contributed by atoms with Gasteiger partial charge in [-0.3, -0.25) is 4.79 Å². The van der Waals surface area contributed by atoms with E-state index < -0.39 is 0 Å². The van der Waals surface area contributed by atoms with E-state index in [9.17, 15) is 4.79 Å². The van der Waals surface area contributed by atoms with Crippen LogP contribution in [0.25, 0.3) is 0 Å². The predicted molar refractivity (Wildman–Crippen MR) is 65.9 cm³/mol. The zero-order chi connectivity index (χ0) is 11.9. The highest BCUT2D eigenvalue weighted by molar-refractivity contribution is 5.76. The molecular weight excluding hydrogens is 218 g/mol. The van der Waals surface area contributed by atoms with Gasteiger partial charge in [0.15, 0.2) is 0 Å². The van der Waals surface area contributed by atoms with E-state index in [1.807, 2.05) is 4.90 Å². The Morgan fingerprint density at radius 2 is 2.24 bits per heavy atom. The molecule has 1 amide bonds. The van der Waals surface area contributed by atoms with Crippen LogP contribution in [0.2, 0.25) is 0 Å². The summed E-state index contributed by atoms with van der Waals surface area (Å²) in [4.78, 5) is 13.8. The van der Waals surface area contributed by atoms with E-state index in [0.29, 0.717) is 25.7 Å². The number of morpholine rings is 1. The second-order valence-electron chi connectivity index (χ2n) is 4.74. The maximum Gasteiger partial charge on any atom is 0.224 e. The van der Waals surface area contributed by atoms with E-state index >= 15 is 0 Å². The molecule has 1 unspecified atom stereocenters. The Kier molecular flexibility index (Phi) is 5.22. The van der Waals surface area contributed by atoms with Crippen molar-refractivity contribution in [3.8, 4) is 0 Å². The van der Waals surface area contributed by atoms with Crippen molar-refractivity contribution in [3.63, 3.8) is 0 Å². The molecule has 0 aromatic rings. The number of amides is 1. The van der Waals surface area contributed by atoms with Gasteiger partial charge in [0.1, 0.15) is 0 Å². The second-order valence-corrected chi connectivity index (χ2v) is 4.74. The van der Waals surface area contributed by atoms with E-state index in [-0.39, 0.29) is 5.91 Å². The van der Waals surface area contributed by atoms with Crippen molar-refractivity contribution in [3.05, 3.63) is 0 Å². The molecule has 0 aromatic carbocycles. The number of rotatable bonds is 4. The van der Waals surface area contributed by atoms with E-state index in [1.165, 1.54) is 12.8 Å². The van der Waals surface area contributed by atoms with Gasteiger partial charge in [0.05, 0.1) is 13.2 Å². The third kappa shape index (κ3) is 4.26. The third-order valence-electron chi connectivity index (χ3n) is 3.43. The van der Waals surface area contributed by atoms with Gasteiger partial charge in [0.25, 0.3) is 0 Å². The first kappa shape index (κ1) is 12.8. The summed E-state index contributed by atoms with van der Waals surface area (Å²) in [5.41, 5.74) is 0. The summed E-state index contributed by atoms with van der Waals surface area (Å²) in [6, 6.07) is 0.543. The summed E-state index contributed by atoms with van der Waals surface area (Å²) in [5.74, 6) is 0.254. The van der Waals surface area contributed by atoms with Crippen LogP contribution in [0.4, 0.5) is 0 Å². The SMILES string of the molecule is O=C(CCNC1CCCNC1)N1CCOCC1. The summed E-state index contributed by atoms with van der Waals surface area (Å²) in [5, 5.41) is 6.81. The van der Waals surface area contributed by atoms with Crippen molar-refractivity contribution in [1.29, 1.82) is 0 Å². The molecule has 2 rings (SSSR count). The number of hydrogen-bond donors (Lipinski definition) is 2. The minimum atomic E-state index is 0.254. The van der Waals surface area contributed by atoms with Crippen LogP contribution >= 0.6 is 0 Å². The zero-order valence-electron chi connectivity index (χ0n) is 10.4. The first-order valence-electron chi connectivity index (χ1n) is 6.66. The molecule has 0 radical (unpaired) electrons. The molecule has 0 aromatic heterocycles. The number of carbonyl (C=O) groups excluding carboxylic acids is 1. The zero-order valence-corrected chi connectivity index (χ0v) is 10.4. The first-order chi connectivity index (χ1) is 8.36. The maximum absolute atomic E-state index is 11.9. The fraction of sp³-hybridized carbons (Fsp3) is 0.917. The van der Waals surface area contributed by atoms with Crippen molar-refractivity contribution in [2.24, 2.45) is 0 Å². The molecule has 2 N–H and O–H groups in total. The summed E-state index contributed by atoms with van der Waals surface area (Å²) < 4.78 is 5.23. The van der Waals surface area contributed by atoms with Gasteiger partial charge >= 0.3 is 0 Å². The van der Waals surface area contributed by atoms with Gasteiger partial charge in [-0.15, -0.1) is 0 Å². The van der Waals surface area contributed by atoms with Gasteiger partial charge in [0, 0.05) is 38.6 Å². The number of nitrogens with zero attached hydrogens (tertiary/aromatic N) is 1. The minimum Gasteiger partial charge on any atom is -0.378 e. The predicted octanol–water partition coefficient (Wildman–Crippen LogP) is -0.423. The molecule has 1 atom stereocenters. The molecule has 2 saturated heterocycles. The van der Waals surface area contributed by atoms with Crippen LogP contribution in [0.1, 0.15) is 19.3 Å². The minimum absolute atomic E-state index is 0.254. The van der Waals surface area contributed by atoms with Crippen LogP contribution in [-0.4, -0.2) is 62.8 Å². The number of carbonyl (C=O) groups is 1. The van der Waals surface area contributed by atoms with E-state index in [1.54, 1.807) is 0 Å². The molecule has 0 spiro atoms. The number of nitrogens with one attached hydrogen (secondary N) is 2. The van der Waals surface area contributed by atoms with Gasteiger partial charge in [-0.05, 0) is 19.4 Å². The molecule has 98 valence electrons. The van der Waals surface area contributed by atoms with Crippen molar-refractivity contribution in [1.82, 2.24) is 15.5 Å². The van der Waals surface area contributed by atoms with Crippen molar-refractivity contribution < 1.29 is 9.53 Å². The molecule has 5 heteroatoms. The highest BCUT2D eigenvalue weighted by Crippen LogP contribution is 2.02. The highest BCUT2D eigenvalue weighted by Gasteiger charge is 2.17. The largest absolute Gasteiger partial charge is 0.378 e. The topological polar surface area (TPSA) is 53.6 Å². The lowest BCUT2D eigenvalue weighted by atomic mass is 10.1. The normalized spacial score (nSPS) is 25.9. The molecule has 2 aliphatic rings. The van der Waals surface area contributed by atoms with Gasteiger partial charge in [-0.1, -0.05) is 0 Å². The monoisotopic (exact) mass is 241 g/mol. The molecule has 17 heavy (non-hydrogen) atoms. The Morgan fingerprint density at radius 1 is 1.41 bits per heavy atom. The van der Waals surface area contributed by atoms with Gasteiger partial charge in [-0.2, -0.15) is 0 Å². The average molecular weight is 241 g/mol. The van der Waals surface area contributed by atoms with Gasteiger partial charge in [-0.25, -0.2) is 0 Å². The average Bonchev–Trinajstić information content (AvgIpc) is 2.41. The Hall–Kier alpha value is -0.650. The summed E-state index contributed by atoms with van der Waals surface area (Å²) in [6.45, 7) is 5.84. The maximum atomic E-state index is 11.9. The second kappa shape index (κ2) is 6.93. The first-order valence-corrected chi connectivity index (χ1v) is 6.66. The Labute approximate surface area is 103 Å². The van der Waals surface area contributed by atoms with Crippen LogP contribution in [-0.2, 0) is 9.53 Å². The van der Waals surface area contributed by atoms with Crippen LogP contribution in [0, 0.1) is 0 Å². The van der Waals surface area contributed by atoms with Crippen LogP contribution in [0.3, 0.4) is 0 Å². The highest BCUT2D eigenvalue weighted by atomic mass is 16.5. The smallest absolute Gasteiger partial charge is 0.224 e. The van der Waals surface area contributed by atoms with Gasteiger partial charge in [0.2, 0.25) is 5.91 Å². The lowest BCUT2D eigenvalue weighted by Crippen LogP contribution is -2.45. The summed E-state index contributed by atoms with van der Waals surface area (Å²) in [7, 11) is 0. The van der Waals surface area contributed by atoms with Crippen molar-refractivity contribution in [2.45, 2.75) is 25.3 Å². The molecule has 5 nitrogen and oxygen atoms in total. The lowest BCUT2D eigenvalue weighted by Gasteiger charge is -2.28. The van der Waals surface area contributed by atoms with E-state index in [4.69, 9.17) is 4.74 Å². The molecule has 2 aliphatic heterocycles. The summed E-state index contributed by atoms with van der Waals surface area (Å²) in [6.07, 6.45) is 3.06. The molecular formula is C12H23N3O2. The fourth-order valence-electron chi connectivity index (χ4n) is 2.38. The number of ether oxygens (including phenoxy) is 1. The summed E-state index contributed by atoms with van der Waals surface area (Å²) >= 11 is 0. The van der Waals surface area contributed by atoms with E-state index in [0.717, 1.165) is 32.7 Å². The Balaban J connectivity index is 1.58. The van der Waals surface area contributed by atoms with Crippen LogP contribution in [0.15, 0.2) is 0 Å². The lowest BCUT2D eigenvalue weighted by molar-refractivity contribution is -0.135. The van der Waals surface area contributed by atoms with Crippen molar-refractivity contribution in [2.75, 3.05) is 45.9 Å². The van der Waals surface area contributed by atoms with E-state index in [2.05, 4.69) is 10.6 Å². The molecule has 0 bridgehead atoms.